The Morgan fingerprint density at radius 1 is 1.64 bits per heavy atom. The van der Waals surface area contributed by atoms with E-state index in [1.165, 1.54) is 7.11 Å². The summed E-state index contributed by atoms with van der Waals surface area (Å²) >= 11 is 3.29. The summed E-state index contributed by atoms with van der Waals surface area (Å²) in [7, 11) is 1.52. The molecule has 0 unspecified atom stereocenters. The van der Waals surface area contributed by atoms with Crippen molar-refractivity contribution in [2.24, 2.45) is 5.73 Å². The van der Waals surface area contributed by atoms with Gasteiger partial charge >= 0.3 is 0 Å². The largest absolute Gasteiger partial charge is 0.481 e. The normalized spacial score (nSPS) is 14.9. The lowest BCUT2D eigenvalue weighted by Gasteiger charge is -2.17. The number of aliphatic hydroxyl groups excluding tert-OH is 1. The molecule has 78 valence electrons. The number of halogens is 1. The van der Waals surface area contributed by atoms with Gasteiger partial charge in [-0.25, -0.2) is 4.98 Å². The SMILES string of the molecule is COc1ncc(Br)cc1[C@H](N)[C@H](C)O. The summed E-state index contributed by atoms with van der Waals surface area (Å²) in [6.07, 6.45) is 0.983. The van der Waals surface area contributed by atoms with Gasteiger partial charge < -0.3 is 15.6 Å². The Labute approximate surface area is 91.2 Å². The highest BCUT2D eigenvalue weighted by molar-refractivity contribution is 9.10. The maximum Gasteiger partial charge on any atom is 0.217 e. The zero-order chi connectivity index (χ0) is 10.7. The number of nitrogens with zero attached hydrogens (tertiary/aromatic N) is 1. The summed E-state index contributed by atoms with van der Waals surface area (Å²) in [5.41, 5.74) is 6.48. The lowest BCUT2D eigenvalue weighted by atomic mass is 10.1. The summed E-state index contributed by atoms with van der Waals surface area (Å²) in [5.74, 6) is 0.446. The number of methoxy groups -OCH3 is 1. The second kappa shape index (κ2) is 4.72. The van der Waals surface area contributed by atoms with E-state index in [-0.39, 0.29) is 0 Å². The molecule has 0 saturated carbocycles. The molecule has 0 aromatic carbocycles. The maximum atomic E-state index is 9.36. The van der Waals surface area contributed by atoms with Crippen LogP contribution in [0.3, 0.4) is 0 Å². The molecule has 0 aliphatic rings. The third kappa shape index (κ3) is 2.43. The highest BCUT2D eigenvalue weighted by atomic mass is 79.9. The van der Waals surface area contributed by atoms with Crippen molar-refractivity contribution in [3.8, 4) is 5.88 Å². The fourth-order valence-corrected chi connectivity index (χ4v) is 1.46. The van der Waals surface area contributed by atoms with Crippen molar-refractivity contribution in [3.63, 3.8) is 0 Å². The van der Waals surface area contributed by atoms with Crippen molar-refractivity contribution in [1.82, 2.24) is 4.98 Å². The highest BCUT2D eigenvalue weighted by Gasteiger charge is 2.17. The van der Waals surface area contributed by atoms with E-state index in [4.69, 9.17) is 10.5 Å². The minimum Gasteiger partial charge on any atom is -0.481 e. The van der Waals surface area contributed by atoms with E-state index in [0.29, 0.717) is 11.4 Å². The Bertz CT molecular complexity index is 318. The molecule has 0 bridgehead atoms. The highest BCUT2D eigenvalue weighted by Crippen LogP contribution is 2.26. The quantitative estimate of drug-likeness (QED) is 0.858. The summed E-state index contributed by atoms with van der Waals surface area (Å²) in [4.78, 5) is 4.04. The predicted octanol–water partition coefficient (Wildman–Crippen LogP) is 1.23. The second-order valence-corrected chi connectivity index (χ2v) is 3.93. The van der Waals surface area contributed by atoms with E-state index >= 15 is 0 Å². The molecule has 2 atom stereocenters. The summed E-state index contributed by atoms with van der Waals surface area (Å²) in [5, 5.41) is 9.36. The number of aliphatic hydroxyl groups is 1. The van der Waals surface area contributed by atoms with Gasteiger partial charge in [0.2, 0.25) is 5.88 Å². The van der Waals surface area contributed by atoms with E-state index < -0.39 is 12.1 Å². The van der Waals surface area contributed by atoms with E-state index in [1.54, 1.807) is 19.2 Å². The fraction of sp³-hybridized carbons (Fsp3) is 0.444. The predicted molar refractivity (Wildman–Crippen MR) is 57.1 cm³/mol. The zero-order valence-electron chi connectivity index (χ0n) is 8.07. The first-order valence-electron chi connectivity index (χ1n) is 4.19. The number of pyridine rings is 1. The molecule has 0 aliphatic carbocycles. The molecule has 0 saturated heterocycles. The number of hydrogen-bond acceptors (Lipinski definition) is 4. The fourth-order valence-electron chi connectivity index (χ4n) is 1.11. The molecule has 1 aromatic heterocycles. The van der Waals surface area contributed by atoms with Crippen LogP contribution in [0.25, 0.3) is 0 Å². The molecule has 0 spiro atoms. The third-order valence-electron chi connectivity index (χ3n) is 1.92. The maximum absolute atomic E-state index is 9.36. The molecule has 0 aliphatic heterocycles. The van der Waals surface area contributed by atoms with Crippen LogP contribution in [0.5, 0.6) is 5.88 Å². The van der Waals surface area contributed by atoms with Gasteiger partial charge in [-0.15, -0.1) is 0 Å². The molecule has 1 rings (SSSR count). The molecule has 1 aromatic rings. The van der Waals surface area contributed by atoms with Gasteiger partial charge in [0.25, 0.3) is 0 Å². The lowest BCUT2D eigenvalue weighted by molar-refractivity contribution is 0.162. The van der Waals surface area contributed by atoms with Gasteiger partial charge in [0.15, 0.2) is 0 Å². The number of aromatic nitrogens is 1. The lowest BCUT2D eigenvalue weighted by Crippen LogP contribution is -2.24. The van der Waals surface area contributed by atoms with Gasteiger partial charge in [-0.3, -0.25) is 0 Å². The molecule has 14 heavy (non-hydrogen) atoms. The van der Waals surface area contributed by atoms with Crippen LogP contribution in [-0.4, -0.2) is 23.3 Å². The smallest absolute Gasteiger partial charge is 0.217 e. The number of rotatable bonds is 3. The van der Waals surface area contributed by atoms with Crippen molar-refractivity contribution in [2.75, 3.05) is 7.11 Å². The number of hydrogen-bond donors (Lipinski definition) is 2. The Morgan fingerprint density at radius 3 is 2.79 bits per heavy atom. The molecule has 5 heteroatoms. The minimum absolute atomic E-state index is 0.446. The van der Waals surface area contributed by atoms with Gasteiger partial charge in [0, 0.05) is 16.2 Å². The van der Waals surface area contributed by atoms with Crippen LogP contribution in [0.2, 0.25) is 0 Å². The van der Waals surface area contributed by atoms with Crippen LogP contribution in [0.4, 0.5) is 0 Å². The summed E-state index contributed by atoms with van der Waals surface area (Å²) in [6, 6.07) is 1.30. The molecule has 4 nitrogen and oxygen atoms in total. The monoisotopic (exact) mass is 260 g/mol. The molecule has 3 N–H and O–H groups in total. The Balaban J connectivity index is 3.10. The van der Waals surface area contributed by atoms with Crippen molar-refractivity contribution in [2.45, 2.75) is 19.1 Å². The molecule has 0 radical (unpaired) electrons. The Morgan fingerprint density at radius 2 is 2.29 bits per heavy atom. The molecular formula is C9H13BrN2O2. The average molecular weight is 261 g/mol. The molecular weight excluding hydrogens is 248 g/mol. The summed E-state index contributed by atoms with van der Waals surface area (Å²) in [6.45, 7) is 1.63. The average Bonchev–Trinajstić information content (AvgIpc) is 2.16. The van der Waals surface area contributed by atoms with Gasteiger partial charge in [-0.2, -0.15) is 0 Å². The van der Waals surface area contributed by atoms with Gasteiger partial charge in [-0.05, 0) is 28.9 Å². The van der Waals surface area contributed by atoms with Crippen LogP contribution in [0.1, 0.15) is 18.5 Å². The second-order valence-electron chi connectivity index (χ2n) is 3.02. The third-order valence-corrected chi connectivity index (χ3v) is 2.35. The summed E-state index contributed by atoms with van der Waals surface area (Å²) < 4.78 is 5.86. The van der Waals surface area contributed by atoms with Crippen molar-refractivity contribution in [1.29, 1.82) is 0 Å². The van der Waals surface area contributed by atoms with Crippen LogP contribution >= 0.6 is 15.9 Å². The van der Waals surface area contributed by atoms with Crippen LogP contribution < -0.4 is 10.5 Å². The first kappa shape index (κ1) is 11.4. The van der Waals surface area contributed by atoms with Crippen LogP contribution in [0, 0.1) is 0 Å². The first-order chi connectivity index (χ1) is 6.56. The van der Waals surface area contributed by atoms with Gasteiger partial charge in [0.1, 0.15) is 0 Å². The number of ether oxygens (including phenoxy) is 1. The molecule has 0 amide bonds. The van der Waals surface area contributed by atoms with Gasteiger partial charge in [0.05, 0.1) is 19.3 Å². The Kier molecular flexibility index (Phi) is 3.86. The zero-order valence-corrected chi connectivity index (χ0v) is 9.65. The van der Waals surface area contributed by atoms with E-state index in [2.05, 4.69) is 20.9 Å². The van der Waals surface area contributed by atoms with Crippen molar-refractivity contribution >= 4 is 15.9 Å². The van der Waals surface area contributed by atoms with Crippen LogP contribution in [-0.2, 0) is 0 Å². The standard InChI is InChI=1S/C9H13BrN2O2/c1-5(13)8(11)7-3-6(10)4-12-9(7)14-2/h3-5,8,13H,11H2,1-2H3/t5-,8+/m0/s1. The topological polar surface area (TPSA) is 68.4 Å². The van der Waals surface area contributed by atoms with E-state index in [1.807, 2.05) is 0 Å². The number of nitrogens with two attached hydrogens (primary N) is 1. The van der Waals surface area contributed by atoms with Gasteiger partial charge in [-0.1, -0.05) is 0 Å². The van der Waals surface area contributed by atoms with Crippen molar-refractivity contribution in [3.05, 3.63) is 22.3 Å². The van der Waals surface area contributed by atoms with E-state index in [0.717, 1.165) is 4.47 Å². The Hall–Kier alpha value is -0.650. The molecule has 1 heterocycles. The van der Waals surface area contributed by atoms with Crippen molar-refractivity contribution < 1.29 is 9.84 Å². The molecule has 0 fully saturated rings. The van der Waals surface area contributed by atoms with Crippen LogP contribution in [0.15, 0.2) is 16.7 Å². The van der Waals surface area contributed by atoms with E-state index in [9.17, 15) is 5.11 Å². The minimum atomic E-state index is -0.639. The first-order valence-corrected chi connectivity index (χ1v) is 4.98.